The van der Waals surface area contributed by atoms with Crippen LogP contribution in [-0.4, -0.2) is 56.8 Å². The lowest BCUT2D eigenvalue weighted by atomic mass is 9.96. The van der Waals surface area contributed by atoms with Crippen molar-refractivity contribution in [1.82, 2.24) is 4.90 Å². The van der Waals surface area contributed by atoms with Gasteiger partial charge in [-0.15, -0.1) is 0 Å². The zero-order valence-corrected chi connectivity index (χ0v) is 22.7. The second-order valence-corrected chi connectivity index (χ2v) is 11.3. The number of hydrogen-bond acceptors (Lipinski definition) is 7. The molecule has 1 N–H and O–H groups in total. The van der Waals surface area contributed by atoms with Gasteiger partial charge in [-0.3, -0.25) is 19.3 Å². The highest BCUT2D eigenvalue weighted by molar-refractivity contribution is 7.90. The Kier molecular flexibility index (Phi) is 8.96. The van der Waals surface area contributed by atoms with Gasteiger partial charge in [-0.1, -0.05) is 31.9 Å². The molecular formula is C27H34N2O7S. The topological polar surface area (TPSA) is 119 Å². The third-order valence-electron chi connectivity index (χ3n) is 6.16. The van der Waals surface area contributed by atoms with Gasteiger partial charge in [0.15, 0.2) is 11.5 Å². The van der Waals surface area contributed by atoms with Crippen molar-refractivity contribution < 1.29 is 32.3 Å². The minimum atomic E-state index is -3.63. The molecular weight excluding hydrogens is 496 g/mol. The number of fused-ring (bicyclic) bond motifs is 1. The first-order chi connectivity index (χ1) is 17.5. The SMILES string of the molecule is CCCCCc1ccc(NC(C)=O)c2c1C(=O)N([C@H](CS(C)(=O)=O)c1ccc(OC)c(OCC)c1)C2=O. The lowest BCUT2D eigenvalue weighted by molar-refractivity contribution is -0.114. The highest BCUT2D eigenvalue weighted by Crippen LogP contribution is 2.40. The first-order valence-corrected chi connectivity index (χ1v) is 14.4. The molecule has 0 bridgehead atoms. The number of unbranched alkanes of at least 4 members (excludes halogenated alkanes) is 2. The van der Waals surface area contributed by atoms with Gasteiger partial charge >= 0.3 is 0 Å². The third-order valence-corrected chi connectivity index (χ3v) is 7.08. The fourth-order valence-corrected chi connectivity index (χ4v) is 5.49. The van der Waals surface area contributed by atoms with Gasteiger partial charge in [0.05, 0.1) is 42.3 Å². The van der Waals surface area contributed by atoms with Crippen molar-refractivity contribution in [3.63, 3.8) is 0 Å². The first-order valence-electron chi connectivity index (χ1n) is 12.3. The van der Waals surface area contributed by atoms with Gasteiger partial charge in [-0.2, -0.15) is 0 Å². The van der Waals surface area contributed by atoms with Crippen LogP contribution in [0.5, 0.6) is 11.5 Å². The Hall–Kier alpha value is -3.40. The Bertz CT molecular complexity index is 1300. The number of aryl methyl sites for hydroxylation is 1. The molecule has 1 atom stereocenters. The molecule has 0 spiro atoms. The molecule has 0 fully saturated rings. The van der Waals surface area contributed by atoms with Gasteiger partial charge in [0.1, 0.15) is 9.84 Å². The number of hydrogen-bond donors (Lipinski definition) is 1. The van der Waals surface area contributed by atoms with Crippen LogP contribution in [0.2, 0.25) is 0 Å². The fraction of sp³-hybridized carbons (Fsp3) is 0.444. The van der Waals surface area contributed by atoms with E-state index in [1.807, 2.05) is 0 Å². The van der Waals surface area contributed by atoms with Crippen molar-refractivity contribution in [3.8, 4) is 11.5 Å². The summed E-state index contributed by atoms with van der Waals surface area (Å²) < 4.78 is 36.0. The maximum absolute atomic E-state index is 13.9. The second-order valence-electron chi connectivity index (χ2n) is 9.09. The van der Waals surface area contributed by atoms with Gasteiger partial charge in [0.2, 0.25) is 5.91 Å². The van der Waals surface area contributed by atoms with E-state index in [0.717, 1.165) is 30.4 Å². The van der Waals surface area contributed by atoms with Crippen LogP contribution in [0.15, 0.2) is 30.3 Å². The number of anilines is 1. The molecule has 1 aliphatic heterocycles. The molecule has 37 heavy (non-hydrogen) atoms. The largest absolute Gasteiger partial charge is 0.493 e. The number of sulfone groups is 1. The predicted octanol–water partition coefficient (Wildman–Crippen LogP) is 4.17. The average molecular weight is 531 g/mol. The minimum Gasteiger partial charge on any atom is -0.493 e. The standard InChI is InChI=1S/C27H34N2O7S/c1-6-8-9-10-18-11-13-20(28-17(3)30)25-24(18)26(31)29(27(25)32)21(16-37(5,33)34)19-12-14-22(35-4)23(15-19)36-7-2/h11-15,21H,6-10,16H2,1-5H3,(H,28,30)/t21-/m1/s1. The summed E-state index contributed by atoms with van der Waals surface area (Å²) in [5, 5.41) is 2.65. The third kappa shape index (κ3) is 6.30. The Morgan fingerprint density at radius 3 is 2.32 bits per heavy atom. The van der Waals surface area contributed by atoms with Gasteiger partial charge in [0.25, 0.3) is 11.8 Å². The minimum absolute atomic E-state index is 0.0891. The van der Waals surface area contributed by atoms with Crippen LogP contribution in [0.3, 0.4) is 0 Å². The molecule has 0 aromatic heterocycles. The average Bonchev–Trinajstić information content (AvgIpc) is 3.09. The Morgan fingerprint density at radius 1 is 1.03 bits per heavy atom. The van der Waals surface area contributed by atoms with Crippen molar-refractivity contribution >= 4 is 33.2 Å². The van der Waals surface area contributed by atoms with Gasteiger partial charge in [-0.25, -0.2) is 8.42 Å². The number of carbonyl (C=O) groups excluding carboxylic acids is 3. The second kappa shape index (κ2) is 11.8. The van der Waals surface area contributed by atoms with Crippen LogP contribution in [0.1, 0.15) is 77.9 Å². The number of nitrogens with zero attached hydrogens (tertiary/aromatic N) is 1. The molecule has 3 rings (SSSR count). The van der Waals surface area contributed by atoms with E-state index in [1.165, 1.54) is 14.0 Å². The van der Waals surface area contributed by atoms with Gasteiger partial charge < -0.3 is 14.8 Å². The Morgan fingerprint density at radius 2 is 1.73 bits per heavy atom. The zero-order valence-electron chi connectivity index (χ0n) is 21.9. The summed E-state index contributed by atoms with van der Waals surface area (Å²) in [4.78, 5) is 40.6. The summed E-state index contributed by atoms with van der Waals surface area (Å²) in [7, 11) is -2.14. The van der Waals surface area contributed by atoms with Crippen LogP contribution in [0.25, 0.3) is 0 Å². The summed E-state index contributed by atoms with van der Waals surface area (Å²) >= 11 is 0. The molecule has 1 heterocycles. The Labute approximate surface area is 218 Å². The lowest BCUT2D eigenvalue weighted by Gasteiger charge is -2.27. The van der Waals surface area contributed by atoms with Crippen molar-refractivity contribution in [2.45, 2.75) is 52.5 Å². The van der Waals surface area contributed by atoms with Gasteiger partial charge in [-0.05, 0) is 49.1 Å². The smallest absolute Gasteiger partial charge is 0.264 e. The predicted molar refractivity (Wildman–Crippen MR) is 141 cm³/mol. The van der Waals surface area contributed by atoms with Crippen molar-refractivity contribution in [1.29, 1.82) is 0 Å². The van der Waals surface area contributed by atoms with E-state index in [2.05, 4.69) is 12.2 Å². The van der Waals surface area contributed by atoms with E-state index in [9.17, 15) is 22.8 Å². The summed E-state index contributed by atoms with van der Waals surface area (Å²) in [6, 6.07) is 7.10. The number of imide groups is 1. The van der Waals surface area contributed by atoms with E-state index in [4.69, 9.17) is 9.47 Å². The summed E-state index contributed by atoms with van der Waals surface area (Å²) in [5.74, 6) is -1.28. The molecule has 10 heteroatoms. The van der Waals surface area contributed by atoms with Crippen LogP contribution in [0, 0.1) is 0 Å². The van der Waals surface area contributed by atoms with E-state index in [-0.39, 0.29) is 22.7 Å². The number of nitrogens with one attached hydrogen (secondary N) is 1. The molecule has 0 aliphatic carbocycles. The number of carbonyl (C=O) groups is 3. The molecule has 9 nitrogen and oxygen atoms in total. The quantitative estimate of drug-likeness (QED) is 0.323. The van der Waals surface area contributed by atoms with Crippen LogP contribution in [0.4, 0.5) is 5.69 Å². The Balaban J connectivity index is 2.17. The summed E-state index contributed by atoms with van der Waals surface area (Å²) in [6.45, 7) is 5.53. The zero-order chi connectivity index (χ0) is 27.3. The van der Waals surface area contributed by atoms with E-state index in [0.29, 0.717) is 35.7 Å². The normalized spacial score (nSPS) is 13.9. The molecule has 0 saturated carbocycles. The van der Waals surface area contributed by atoms with Gasteiger partial charge in [0, 0.05) is 13.2 Å². The summed E-state index contributed by atoms with van der Waals surface area (Å²) in [5.41, 5.74) is 1.64. The highest BCUT2D eigenvalue weighted by Gasteiger charge is 2.44. The van der Waals surface area contributed by atoms with Crippen molar-refractivity contribution in [2.24, 2.45) is 0 Å². The molecule has 0 saturated heterocycles. The van der Waals surface area contributed by atoms with E-state index < -0.39 is 33.4 Å². The molecule has 3 amide bonds. The number of benzene rings is 2. The highest BCUT2D eigenvalue weighted by atomic mass is 32.2. The fourth-order valence-electron chi connectivity index (χ4n) is 4.57. The first kappa shape index (κ1) is 28.2. The molecule has 2 aromatic carbocycles. The van der Waals surface area contributed by atoms with E-state index >= 15 is 0 Å². The molecule has 0 radical (unpaired) electrons. The molecule has 0 unspecified atom stereocenters. The number of methoxy groups -OCH3 is 1. The van der Waals surface area contributed by atoms with Crippen molar-refractivity contribution in [2.75, 3.05) is 31.0 Å². The molecule has 200 valence electrons. The number of ether oxygens (including phenoxy) is 2. The van der Waals surface area contributed by atoms with Crippen LogP contribution in [-0.2, 0) is 21.1 Å². The molecule has 2 aromatic rings. The number of rotatable bonds is 12. The van der Waals surface area contributed by atoms with Crippen molar-refractivity contribution in [3.05, 3.63) is 52.6 Å². The lowest BCUT2D eigenvalue weighted by Crippen LogP contribution is -2.38. The van der Waals surface area contributed by atoms with E-state index in [1.54, 1.807) is 37.3 Å². The van der Waals surface area contributed by atoms with Crippen LogP contribution >= 0.6 is 0 Å². The molecule has 1 aliphatic rings. The summed E-state index contributed by atoms with van der Waals surface area (Å²) in [6.07, 6.45) is 4.41. The van der Waals surface area contributed by atoms with Crippen LogP contribution < -0.4 is 14.8 Å². The maximum Gasteiger partial charge on any atom is 0.264 e. The maximum atomic E-state index is 13.9. The monoisotopic (exact) mass is 530 g/mol. The number of amides is 3.